The van der Waals surface area contributed by atoms with Gasteiger partial charge in [-0.15, -0.1) is 0 Å². The zero-order chi connectivity index (χ0) is 30.1. The normalized spacial score (nSPS) is 18.7. The first kappa shape index (κ1) is 30.9. The lowest BCUT2D eigenvalue weighted by molar-refractivity contribution is -0.140. The smallest absolute Gasteiger partial charge is 0.409 e. The van der Waals surface area contributed by atoms with Gasteiger partial charge >= 0.3 is 12.1 Å². The summed E-state index contributed by atoms with van der Waals surface area (Å²) >= 11 is 0. The number of hydrogen-bond acceptors (Lipinski definition) is 8. The molecule has 1 aromatic heterocycles. The van der Waals surface area contributed by atoms with Crippen molar-refractivity contribution in [1.82, 2.24) is 25.1 Å². The van der Waals surface area contributed by atoms with Crippen LogP contribution >= 0.6 is 0 Å². The summed E-state index contributed by atoms with van der Waals surface area (Å²) in [6, 6.07) is 9.61. The van der Waals surface area contributed by atoms with Crippen LogP contribution in [0.25, 0.3) is 11.4 Å². The number of carbonyl (C=O) groups is 4. The van der Waals surface area contributed by atoms with Crippen molar-refractivity contribution >= 4 is 23.9 Å². The highest BCUT2D eigenvalue weighted by atomic mass is 16.6. The number of unbranched alkanes of at least 4 members (excludes halogenated alkanes) is 1. The molecule has 1 aromatic carbocycles. The predicted molar refractivity (Wildman–Crippen MR) is 153 cm³/mol. The van der Waals surface area contributed by atoms with Crippen LogP contribution in [0.15, 0.2) is 36.4 Å². The highest BCUT2D eigenvalue weighted by molar-refractivity contribution is 5.95. The topological polar surface area (TPSA) is 151 Å². The van der Waals surface area contributed by atoms with E-state index in [9.17, 15) is 24.3 Å². The van der Waals surface area contributed by atoms with Gasteiger partial charge in [0.25, 0.3) is 5.91 Å². The summed E-state index contributed by atoms with van der Waals surface area (Å²) in [5, 5.41) is 12.4. The fourth-order valence-corrected chi connectivity index (χ4v) is 4.95. The lowest BCUT2D eigenvalue weighted by Gasteiger charge is -2.34. The van der Waals surface area contributed by atoms with Crippen molar-refractivity contribution < 1.29 is 33.8 Å². The van der Waals surface area contributed by atoms with Crippen LogP contribution in [0.3, 0.4) is 0 Å². The third-order valence-electron chi connectivity index (χ3n) is 7.56. The van der Waals surface area contributed by atoms with E-state index < -0.39 is 17.9 Å². The number of nitrogens with zero attached hydrogens (tertiary/aromatic N) is 4. The maximum atomic E-state index is 13.3. The molecule has 2 heterocycles. The van der Waals surface area contributed by atoms with E-state index >= 15 is 0 Å². The number of aliphatic carboxylic acids is 1. The third-order valence-corrected chi connectivity index (χ3v) is 7.56. The third kappa shape index (κ3) is 8.25. The number of nitrogens with one attached hydrogen (secondary N) is 1. The molecule has 4 rings (SSSR count). The van der Waals surface area contributed by atoms with Gasteiger partial charge in [-0.25, -0.2) is 19.6 Å². The van der Waals surface area contributed by atoms with Gasteiger partial charge in [0.2, 0.25) is 5.91 Å². The lowest BCUT2D eigenvalue weighted by atomic mass is 10.1. The molecular weight excluding hydrogens is 542 g/mol. The Balaban J connectivity index is 1.36. The van der Waals surface area contributed by atoms with E-state index in [0.29, 0.717) is 56.8 Å². The molecule has 2 N–H and O–H groups in total. The van der Waals surface area contributed by atoms with Gasteiger partial charge < -0.3 is 29.7 Å². The quantitative estimate of drug-likeness (QED) is 0.340. The van der Waals surface area contributed by atoms with Crippen molar-refractivity contribution in [2.45, 2.75) is 51.0 Å². The number of piperazine rings is 1. The van der Waals surface area contributed by atoms with Crippen molar-refractivity contribution in [3.05, 3.63) is 47.8 Å². The number of carbonyl (C=O) groups excluding carboxylic acids is 3. The van der Waals surface area contributed by atoms with Crippen LogP contribution in [0.1, 0.15) is 61.1 Å². The molecule has 1 aliphatic carbocycles. The van der Waals surface area contributed by atoms with Crippen molar-refractivity contribution in [2.24, 2.45) is 5.92 Å². The van der Waals surface area contributed by atoms with Gasteiger partial charge in [-0.05, 0) is 31.2 Å². The highest BCUT2D eigenvalue weighted by Gasteiger charge is 2.40. The van der Waals surface area contributed by atoms with Gasteiger partial charge in [0, 0.05) is 63.5 Å². The second-order valence-electron chi connectivity index (χ2n) is 10.7. The summed E-state index contributed by atoms with van der Waals surface area (Å²) < 4.78 is 10.5. The minimum absolute atomic E-state index is 0.0662. The molecule has 226 valence electrons. The van der Waals surface area contributed by atoms with Gasteiger partial charge in [0.05, 0.1) is 6.61 Å². The van der Waals surface area contributed by atoms with Crippen molar-refractivity contribution in [3.63, 3.8) is 0 Å². The molecule has 2 aliphatic rings. The van der Waals surface area contributed by atoms with E-state index in [1.165, 1.54) is 0 Å². The summed E-state index contributed by atoms with van der Waals surface area (Å²) in [5.41, 5.74) is 1.53. The van der Waals surface area contributed by atoms with Crippen LogP contribution in [0, 0.1) is 5.92 Å². The van der Waals surface area contributed by atoms with Gasteiger partial charge in [0.1, 0.15) is 11.7 Å². The monoisotopic (exact) mass is 581 g/mol. The minimum atomic E-state index is -1.28. The van der Waals surface area contributed by atoms with E-state index in [1.807, 2.05) is 37.3 Å². The zero-order valence-electron chi connectivity index (χ0n) is 24.2. The van der Waals surface area contributed by atoms with Gasteiger partial charge in [0.15, 0.2) is 5.82 Å². The van der Waals surface area contributed by atoms with E-state index in [-0.39, 0.29) is 36.5 Å². The Morgan fingerprint density at radius 1 is 1.07 bits per heavy atom. The molecule has 2 fully saturated rings. The standard InChI is InChI=1S/C30H39N5O7/c1-3-4-16-42-30(40)35-14-12-34(13-15-35)26(36)11-10-23(29(38)39)33-28(37)25-18-24(22-17-21(22)19-41-2)31-27(32-25)20-8-6-5-7-9-20/h5-9,18,21-23H,3-4,10-17,19H2,1-2H3,(H,33,37)(H,38,39)/t21-,22+,23-/m0/s1. The molecule has 0 radical (unpaired) electrons. The zero-order valence-corrected chi connectivity index (χ0v) is 24.2. The van der Waals surface area contributed by atoms with Crippen LogP contribution in [-0.4, -0.2) is 101 Å². The van der Waals surface area contributed by atoms with Crippen LogP contribution in [0.5, 0.6) is 0 Å². The molecule has 3 amide bonds. The molecule has 0 spiro atoms. The average molecular weight is 582 g/mol. The molecule has 1 saturated heterocycles. The van der Waals surface area contributed by atoms with Gasteiger partial charge in [-0.1, -0.05) is 43.7 Å². The molecular formula is C30H39N5O7. The van der Waals surface area contributed by atoms with Crippen LogP contribution in [-0.2, 0) is 19.1 Å². The number of ether oxygens (including phenoxy) is 2. The Kier molecular flexibility index (Phi) is 10.8. The maximum absolute atomic E-state index is 13.3. The minimum Gasteiger partial charge on any atom is -0.480 e. The molecule has 1 aliphatic heterocycles. The Morgan fingerprint density at radius 2 is 1.79 bits per heavy atom. The number of benzene rings is 1. The number of aromatic nitrogens is 2. The number of amides is 3. The Hall–Kier alpha value is -4.06. The van der Waals surface area contributed by atoms with Crippen molar-refractivity contribution in [3.8, 4) is 11.4 Å². The first-order valence-corrected chi connectivity index (χ1v) is 14.5. The van der Waals surface area contributed by atoms with E-state index in [4.69, 9.17) is 14.5 Å². The van der Waals surface area contributed by atoms with Crippen LogP contribution in [0.4, 0.5) is 4.79 Å². The Labute approximate surface area is 245 Å². The molecule has 1 saturated carbocycles. The molecule has 12 heteroatoms. The van der Waals surface area contributed by atoms with Crippen molar-refractivity contribution in [2.75, 3.05) is 46.5 Å². The first-order chi connectivity index (χ1) is 20.3. The van der Waals surface area contributed by atoms with Crippen molar-refractivity contribution in [1.29, 1.82) is 0 Å². The van der Waals surface area contributed by atoms with E-state index in [2.05, 4.69) is 10.3 Å². The number of carboxylic acids is 1. The molecule has 2 aromatic rings. The molecule has 0 bridgehead atoms. The Morgan fingerprint density at radius 3 is 2.45 bits per heavy atom. The summed E-state index contributed by atoms with van der Waals surface area (Å²) in [4.78, 5) is 62.6. The fourth-order valence-electron chi connectivity index (χ4n) is 4.95. The second kappa shape index (κ2) is 14.7. The largest absolute Gasteiger partial charge is 0.480 e. The summed E-state index contributed by atoms with van der Waals surface area (Å²) in [5.74, 6) is -1.30. The molecule has 12 nitrogen and oxygen atoms in total. The molecule has 42 heavy (non-hydrogen) atoms. The summed E-state index contributed by atoms with van der Waals surface area (Å²) in [6.45, 7) is 4.34. The highest BCUT2D eigenvalue weighted by Crippen LogP contribution is 2.47. The van der Waals surface area contributed by atoms with Gasteiger partial charge in [-0.3, -0.25) is 9.59 Å². The van der Waals surface area contributed by atoms with Crippen LogP contribution < -0.4 is 5.32 Å². The summed E-state index contributed by atoms with van der Waals surface area (Å²) in [7, 11) is 1.64. The van der Waals surface area contributed by atoms with E-state index in [1.54, 1.807) is 23.0 Å². The molecule has 0 unspecified atom stereocenters. The van der Waals surface area contributed by atoms with Crippen LogP contribution in [0.2, 0.25) is 0 Å². The Bertz CT molecular complexity index is 1250. The molecule has 3 atom stereocenters. The maximum Gasteiger partial charge on any atom is 0.409 e. The fraction of sp³-hybridized carbons (Fsp3) is 0.533. The van der Waals surface area contributed by atoms with E-state index in [0.717, 1.165) is 24.8 Å². The SMILES string of the molecule is CCCCOC(=O)N1CCN(C(=O)CC[C@H](NC(=O)c2cc([C@@H]3C[C@H]3COC)nc(-c3ccccc3)n2)C(=O)O)CC1. The lowest BCUT2D eigenvalue weighted by Crippen LogP contribution is -2.51. The number of carboxylic acid groups (broad SMARTS) is 1. The number of rotatable bonds is 13. The second-order valence-corrected chi connectivity index (χ2v) is 10.7. The predicted octanol–water partition coefficient (Wildman–Crippen LogP) is 2.94. The van der Waals surface area contributed by atoms with Gasteiger partial charge in [-0.2, -0.15) is 0 Å². The summed E-state index contributed by atoms with van der Waals surface area (Å²) in [6.07, 6.45) is 2.08. The first-order valence-electron chi connectivity index (χ1n) is 14.5. The number of methoxy groups -OCH3 is 1. The average Bonchev–Trinajstić information content (AvgIpc) is 3.78. The number of hydrogen-bond donors (Lipinski definition) is 2.